The molecule has 3 aromatic rings. The number of anilines is 1. The topological polar surface area (TPSA) is 56.2 Å². The summed E-state index contributed by atoms with van der Waals surface area (Å²) in [7, 11) is 0. The van der Waals surface area contributed by atoms with Crippen LogP contribution < -0.4 is 9.64 Å². The Morgan fingerprint density at radius 3 is 2.38 bits per heavy atom. The molecule has 0 amide bonds. The van der Waals surface area contributed by atoms with Gasteiger partial charge in [-0.05, 0) is 109 Å². The minimum Gasteiger partial charge on any atom is -0.508 e. The average molecular weight is 499 g/mol. The van der Waals surface area contributed by atoms with Crippen LogP contribution >= 0.6 is 0 Å². The summed E-state index contributed by atoms with van der Waals surface area (Å²) in [6.07, 6.45) is 8.31. The van der Waals surface area contributed by atoms with Gasteiger partial charge >= 0.3 is 0 Å². The van der Waals surface area contributed by atoms with Gasteiger partial charge in [0.25, 0.3) is 0 Å². The molecule has 2 aliphatic heterocycles. The van der Waals surface area contributed by atoms with E-state index >= 15 is 0 Å². The van der Waals surface area contributed by atoms with Gasteiger partial charge in [-0.1, -0.05) is 31.0 Å². The lowest BCUT2D eigenvalue weighted by molar-refractivity contribution is 0.214. The Labute approximate surface area is 220 Å². The van der Waals surface area contributed by atoms with Crippen molar-refractivity contribution in [1.29, 1.82) is 0 Å². The quantitative estimate of drug-likeness (QED) is 0.427. The lowest BCUT2D eigenvalue weighted by Crippen LogP contribution is -2.29. The molecule has 1 saturated heterocycles. The predicted octanol–water partition coefficient (Wildman–Crippen LogP) is 6.15. The number of likely N-dealkylation sites (tertiary alicyclic amines) is 1. The first kappa shape index (κ1) is 24.2. The van der Waals surface area contributed by atoms with Crippen molar-refractivity contribution in [1.82, 2.24) is 4.90 Å². The average Bonchev–Trinajstić information content (AvgIpc) is 3.16. The molecule has 0 bridgehead atoms. The van der Waals surface area contributed by atoms with E-state index in [0.717, 1.165) is 56.9 Å². The van der Waals surface area contributed by atoms with E-state index in [1.165, 1.54) is 66.6 Å². The smallest absolute Gasteiger partial charge is 0.119 e. The van der Waals surface area contributed by atoms with Crippen molar-refractivity contribution < 1.29 is 14.9 Å². The van der Waals surface area contributed by atoms with Gasteiger partial charge in [0.1, 0.15) is 23.9 Å². The molecule has 0 saturated carbocycles. The molecule has 1 unspecified atom stereocenters. The van der Waals surface area contributed by atoms with Crippen LogP contribution in [0.25, 0.3) is 0 Å². The Hall–Kier alpha value is -3.18. The molecule has 5 heteroatoms. The summed E-state index contributed by atoms with van der Waals surface area (Å²) in [5, 5.41) is 20.3. The molecule has 3 aliphatic rings. The first-order chi connectivity index (χ1) is 18.1. The van der Waals surface area contributed by atoms with Gasteiger partial charge in [-0.3, -0.25) is 4.90 Å². The highest BCUT2D eigenvalue weighted by molar-refractivity contribution is 5.62. The summed E-state index contributed by atoms with van der Waals surface area (Å²) in [5.41, 5.74) is 7.66. The largest absolute Gasteiger partial charge is 0.508 e. The highest BCUT2D eigenvalue weighted by atomic mass is 16.5. The second-order valence-electron chi connectivity index (χ2n) is 11.0. The van der Waals surface area contributed by atoms with Crippen molar-refractivity contribution in [3.63, 3.8) is 0 Å². The van der Waals surface area contributed by atoms with E-state index in [2.05, 4.69) is 40.1 Å². The van der Waals surface area contributed by atoms with Crippen LogP contribution in [0.5, 0.6) is 17.2 Å². The van der Waals surface area contributed by atoms with Crippen LogP contribution in [0.15, 0.2) is 54.6 Å². The second-order valence-corrected chi connectivity index (χ2v) is 11.0. The lowest BCUT2D eigenvalue weighted by atomic mass is 9.79. The molecule has 5 nitrogen and oxygen atoms in total. The van der Waals surface area contributed by atoms with Crippen LogP contribution in [0.4, 0.5) is 5.69 Å². The lowest BCUT2D eigenvalue weighted by Gasteiger charge is -2.30. The molecule has 2 heterocycles. The number of fused-ring (bicyclic) bond motifs is 2. The maximum atomic E-state index is 10.4. The fraction of sp³-hybridized carbons (Fsp3) is 0.438. The number of phenols is 2. The van der Waals surface area contributed by atoms with E-state index < -0.39 is 0 Å². The summed E-state index contributed by atoms with van der Waals surface area (Å²) >= 11 is 0. The van der Waals surface area contributed by atoms with Crippen molar-refractivity contribution >= 4 is 5.69 Å². The highest BCUT2D eigenvalue weighted by Gasteiger charge is 2.27. The fourth-order valence-corrected chi connectivity index (χ4v) is 6.44. The highest BCUT2D eigenvalue weighted by Crippen LogP contribution is 2.42. The van der Waals surface area contributed by atoms with Crippen molar-refractivity contribution in [3.05, 3.63) is 82.4 Å². The summed E-state index contributed by atoms with van der Waals surface area (Å²) < 4.78 is 6.18. The summed E-state index contributed by atoms with van der Waals surface area (Å²) in [4.78, 5) is 4.94. The maximum absolute atomic E-state index is 10.4. The standard InChI is InChI=1S/C32H38N2O3/c35-28-9-7-23-17-25(6-5-24(23)18-28)31-12-10-29(36)20-32(31)34-21-26-8-11-30(19-27(26)22-34)37-16-15-33-13-3-1-2-4-14-33/h7-12,18-20,25,35-36H,1-6,13-17,21-22H2. The zero-order chi connectivity index (χ0) is 25.2. The molecule has 194 valence electrons. The number of rotatable bonds is 6. The van der Waals surface area contributed by atoms with Crippen LogP contribution in [-0.4, -0.2) is 41.4 Å². The van der Waals surface area contributed by atoms with Gasteiger partial charge in [-0.2, -0.15) is 0 Å². The first-order valence-corrected chi connectivity index (χ1v) is 14.0. The number of aryl methyl sites for hydroxylation is 1. The minimum absolute atomic E-state index is 0.313. The maximum Gasteiger partial charge on any atom is 0.119 e. The number of ether oxygens (including phenoxy) is 1. The molecule has 1 fully saturated rings. The van der Waals surface area contributed by atoms with Gasteiger partial charge < -0.3 is 19.8 Å². The molecule has 2 N–H and O–H groups in total. The van der Waals surface area contributed by atoms with Crippen LogP contribution in [-0.2, 0) is 25.9 Å². The Bertz CT molecular complexity index is 1250. The third-order valence-electron chi connectivity index (χ3n) is 8.49. The third-order valence-corrected chi connectivity index (χ3v) is 8.49. The van der Waals surface area contributed by atoms with Crippen LogP contribution in [0.2, 0.25) is 0 Å². The van der Waals surface area contributed by atoms with E-state index in [0.29, 0.717) is 17.4 Å². The molecule has 1 atom stereocenters. The van der Waals surface area contributed by atoms with E-state index in [4.69, 9.17) is 4.74 Å². The van der Waals surface area contributed by atoms with Crippen LogP contribution in [0, 0.1) is 0 Å². The van der Waals surface area contributed by atoms with Gasteiger partial charge in [0.15, 0.2) is 0 Å². The van der Waals surface area contributed by atoms with Crippen molar-refractivity contribution in [2.45, 2.75) is 64.0 Å². The fourth-order valence-electron chi connectivity index (χ4n) is 6.44. The van der Waals surface area contributed by atoms with Crippen LogP contribution in [0.1, 0.15) is 65.8 Å². The first-order valence-electron chi connectivity index (χ1n) is 14.0. The van der Waals surface area contributed by atoms with E-state index in [1.807, 2.05) is 18.2 Å². The number of phenolic OH excluding ortho intramolecular Hbond substituents is 2. The molecule has 3 aromatic carbocycles. The number of hydrogen-bond acceptors (Lipinski definition) is 5. The molecule has 0 aromatic heterocycles. The molecule has 37 heavy (non-hydrogen) atoms. The monoisotopic (exact) mass is 498 g/mol. The number of hydrogen-bond donors (Lipinski definition) is 2. The molecule has 6 rings (SSSR count). The van der Waals surface area contributed by atoms with Gasteiger partial charge in [0.05, 0.1) is 0 Å². The molecule has 1 aliphatic carbocycles. The van der Waals surface area contributed by atoms with Gasteiger partial charge in [-0.15, -0.1) is 0 Å². The van der Waals surface area contributed by atoms with Gasteiger partial charge in [0, 0.05) is 31.4 Å². The van der Waals surface area contributed by atoms with E-state index in [1.54, 1.807) is 6.07 Å². The normalized spacial score (nSPS) is 19.8. The minimum atomic E-state index is 0.313. The summed E-state index contributed by atoms with van der Waals surface area (Å²) in [6, 6.07) is 18.2. The van der Waals surface area contributed by atoms with Gasteiger partial charge in [-0.25, -0.2) is 0 Å². The number of benzene rings is 3. The number of aromatic hydroxyl groups is 2. The van der Waals surface area contributed by atoms with Crippen molar-refractivity contribution in [2.24, 2.45) is 0 Å². The molecule has 0 spiro atoms. The van der Waals surface area contributed by atoms with Crippen molar-refractivity contribution in [2.75, 3.05) is 31.1 Å². The molecular formula is C32H38N2O3. The van der Waals surface area contributed by atoms with E-state index in [-0.39, 0.29) is 0 Å². The van der Waals surface area contributed by atoms with Crippen molar-refractivity contribution in [3.8, 4) is 17.2 Å². The van der Waals surface area contributed by atoms with Crippen LogP contribution in [0.3, 0.4) is 0 Å². The predicted molar refractivity (Wildman–Crippen MR) is 148 cm³/mol. The zero-order valence-electron chi connectivity index (χ0n) is 21.7. The second kappa shape index (κ2) is 10.7. The van der Waals surface area contributed by atoms with Gasteiger partial charge in [0.2, 0.25) is 0 Å². The Balaban J connectivity index is 1.14. The Kier molecular flexibility index (Phi) is 6.97. The zero-order valence-corrected chi connectivity index (χ0v) is 21.7. The SMILES string of the molecule is Oc1ccc2c(c1)CCC(c1ccc(O)cc1N1Cc3ccc(OCCN4CCCCCC4)cc3C1)C2. The number of nitrogens with zero attached hydrogens (tertiary/aromatic N) is 2. The molecule has 0 radical (unpaired) electrons. The Morgan fingerprint density at radius 2 is 1.51 bits per heavy atom. The Morgan fingerprint density at radius 1 is 0.757 bits per heavy atom. The molecular weight excluding hydrogens is 460 g/mol. The summed E-state index contributed by atoms with van der Waals surface area (Å²) in [6.45, 7) is 5.80. The third kappa shape index (κ3) is 5.42. The summed E-state index contributed by atoms with van der Waals surface area (Å²) in [5.74, 6) is 2.02. The van der Waals surface area contributed by atoms with E-state index in [9.17, 15) is 10.2 Å².